The van der Waals surface area contributed by atoms with Crippen LogP contribution in [0.5, 0.6) is 0 Å². The van der Waals surface area contributed by atoms with Crippen molar-refractivity contribution in [3.8, 4) is 0 Å². The lowest BCUT2D eigenvalue weighted by Gasteiger charge is -2.35. The van der Waals surface area contributed by atoms with Gasteiger partial charge in [0.25, 0.3) is 0 Å². The minimum Gasteiger partial charge on any atom is -0.350 e. The Kier molecular flexibility index (Phi) is 5.21. The predicted molar refractivity (Wildman–Crippen MR) is 76.7 cm³/mol. The van der Waals surface area contributed by atoms with Gasteiger partial charge in [-0.25, -0.2) is 0 Å². The zero-order valence-corrected chi connectivity index (χ0v) is 12.3. The molecule has 5 heteroatoms. The highest BCUT2D eigenvalue weighted by molar-refractivity contribution is 9.11. The van der Waals surface area contributed by atoms with Crippen molar-refractivity contribution in [2.45, 2.75) is 37.8 Å². The zero-order chi connectivity index (χ0) is 13.0. The number of nitrogens with one attached hydrogen (secondary N) is 2. The number of nitrogens with zero attached hydrogens (tertiary/aromatic N) is 1. The highest BCUT2D eigenvalue weighted by atomic mass is 79.9. The van der Waals surface area contributed by atoms with Crippen molar-refractivity contribution in [2.75, 3.05) is 26.2 Å². The van der Waals surface area contributed by atoms with Crippen LogP contribution in [0.15, 0.2) is 11.1 Å². The Morgan fingerprint density at radius 2 is 2.11 bits per heavy atom. The van der Waals surface area contributed by atoms with Gasteiger partial charge >= 0.3 is 0 Å². The normalized spacial score (nSPS) is 26.2. The molecule has 102 valence electrons. The Bertz CT molecular complexity index is 315. The first kappa shape index (κ1) is 14.0. The molecule has 2 fully saturated rings. The van der Waals surface area contributed by atoms with Gasteiger partial charge in [0.1, 0.15) is 0 Å². The van der Waals surface area contributed by atoms with Crippen molar-refractivity contribution in [1.82, 2.24) is 15.5 Å². The van der Waals surface area contributed by atoms with Gasteiger partial charge in [0.2, 0.25) is 5.91 Å². The van der Waals surface area contributed by atoms with E-state index in [2.05, 4.69) is 38.0 Å². The van der Waals surface area contributed by atoms with Crippen LogP contribution < -0.4 is 10.6 Å². The van der Waals surface area contributed by atoms with Gasteiger partial charge in [0.15, 0.2) is 0 Å². The van der Waals surface area contributed by atoms with Crippen LogP contribution in [-0.2, 0) is 4.79 Å². The Labute approximate surface area is 117 Å². The third-order valence-corrected chi connectivity index (χ3v) is 4.11. The van der Waals surface area contributed by atoms with E-state index in [1.165, 1.54) is 0 Å². The van der Waals surface area contributed by atoms with Crippen molar-refractivity contribution in [3.05, 3.63) is 11.1 Å². The molecule has 2 heterocycles. The number of halogens is 1. The van der Waals surface area contributed by atoms with Gasteiger partial charge in [-0.2, -0.15) is 0 Å². The van der Waals surface area contributed by atoms with Gasteiger partial charge in [0, 0.05) is 17.1 Å². The van der Waals surface area contributed by atoms with Crippen molar-refractivity contribution in [1.29, 1.82) is 0 Å². The summed E-state index contributed by atoms with van der Waals surface area (Å²) in [5, 5.41) is 6.33. The molecule has 1 amide bonds. The van der Waals surface area contributed by atoms with E-state index in [1.807, 2.05) is 0 Å². The van der Waals surface area contributed by atoms with Crippen LogP contribution >= 0.6 is 15.9 Å². The number of carbonyl (C=O) groups is 1. The summed E-state index contributed by atoms with van der Waals surface area (Å²) in [6, 6.07) is 0.650. The molecule has 0 radical (unpaired) electrons. The molecule has 1 atom stereocenters. The molecule has 2 aliphatic rings. The number of carbonyl (C=O) groups excluding carboxylic acids is 1. The molecule has 1 unspecified atom stereocenters. The fraction of sp³-hybridized carbons (Fsp3) is 0.769. The number of amides is 1. The van der Waals surface area contributed by atoms with Gasteiger partial charge in [0.05, 0.1) is 6.04 Å². The van der Waals surface area contributed by atoms with Gasteiger partial charge < -0.3 is 10.6 Å². The molecule has 2 N–H and O–H groups in total. The second-order valence-corrected chi connectivity index (χ2v) is 6.23. The molecule has 2 aliphatic heterocycles. The average molecular weight is 316 g/mol. The molecule has 2 saturated heterocycles. The van der Waals surface area contributed by atoms with E-state index in [0.29, 0.717) is 12.6 Å². The summed E-state index contributed by atoms with van der Waals surface area (Å²) in [6.07, 6.45) is 4.45. The van der Waals surface area contributed by atoms with Crippen LogP contribution in [0.2, 0.25) is 0 Å². The summed E-state index contributed by atoms with van der Waals surface area (Å²) in [7, 11) is 0. The Morgan fingerprint density at radius 1 is 1.39 bits per heavy atom. The van der Waals surface area contributed by atoms with E-state index >= 15 is 0 Å². The molecular weight excluding hydrogens is 294 g/mol. The molecule has 0 aromatic carbocycles. The maximum absolute atomic E-state index is 12.2. The van der Waals surface area contributed by atoms with Gasteiger partial charge in [-0.1, -0.05) is 22.5 Å². The van der Waals surface area contributed by atoms with Crippen molar-refractivity contribution in [3.63, 3.8) is 0 Å². The van der Waals surface area contributed by atoms with Crippen LogP contribution in [0.1, 0.15) is 25.7 Å². The average Bonchev–Trinajstić information content (AvgIpc) is 2.86. The molecule has 0 aromatic heterocycles. The number of rotatable bonds is 4. The van der Waals surface area contributed by atoms with Crippen molar-refractivity contribution in [2.24, 2.45) is 0 Å². The molecule has 4 nitrogen and oxygen atoms in total. The fourth-order valence-electron chi connectivity index (χ4n) is 2.95. The van der Waals surface area contributed by atoms with E-state index < -0.39 is 0 Å². The fourth-order valence-corrected chi connectivity index (χ4v) is 3.09. The number of piperidine rings is 1. The zero-order valence-electron chi connectivity index (χ0n) is 10.8. The maximum Gasteiger partial charge on any atom is 0.237 e. The molecule has 18 heavy (non-hydrogen) atoms. The smallest absolute Gasteiger partial charge is 0.237 e. The Balaban J connectivity index is 1.89. The summed E-state index contributed by atoms with van der Waals surface area (Å²) >= 11 is 3.27. The lowest BCUT2D eigenvalue weighted by Crippen LogP contribution is -2.50. The highest BCUT2D eigenvalue weighted by Gasteiger charge is 2.35. The molecule has 2 rings (SSSR count). The topological polar surface area (TPSA) is 44.4 Å². The standard InChI is InChI=1S/C13H22BrN3O/c1-10(14)9-16-13(18)12-3-2-8-17(12)11-4-6-15-7-5-11/h11-12,15H,1-9H2,(H,16,18). The van der Waals surface area contributed by atoms with Gasteiger partial charge in [-0.15, -0.1) is 0 Å². The number of likely N-dealkylation sites (tertiary alicyclic amines) is 1. The maximum atomic E-state index is 12.2. The lowest BCUT2D eigenvalue weighted by molar-refractivity contribution is -0.126. The van der Waals surface area contributed by atoms with Crippen LogP contribution in [-0.4, -0.2) is 49.1 Å². The van der Waals surface area contributed by atoms with Crippen LogP contribution in [0, 0.1) is 0 Å². The van der Waals surface area contributed by atoms with E-state index in [0.717, 1.165) is 49.8 Å². The SMILES string of the molecule is C=C(Br)CNC(=O)C1CCCN1C1CCNCC1. The third kappa shape index (κ3) is 3.56. The summed E-state index contributed by atoms with van der Waals surface area (Å²) in [6.45, 7) is 7.49. The highest BCUT2D eigenvalue weighted by Crippen LogP contribution is 2.24. The minimum atomic E-state index is 0.0694. The van der Waals surface area contributed by atoms with Crippen molar-refractivity contribution >= 4 is 21.8 Å². The van der Waals surface area contributed by atoms with Crippen LogP contribution in [0.25, 0.3) is 0 Å². The third-order valence-electron chi connectivity index (χ3n) is 3.83. The monoisotopic (exact) mass is 315 g/mol. The summed E-state index contributed by atoms with van der Waals surface area (Å²) in [5.74, 6) is 0.159. The lowest BCUT2D eigenvalue weighted by atomic mass is 10.0. The summed E-state index contributed by atoms with van der Waals surface area (Å²) in [4.78, 5) is 14.6. The Morgan fingerprint density at radius 3 is 2.78 bits per heavy atom. The molecule has 0 aromatic rings. The van der Waals surface area contributed by atoms with Crippen molar-refractivity contribution < 1.29 is 4.79 Å². The first-order valence-electron chi connectivity index (χ1n) is 6.76. The Hall–Kier alpha value is -0.390. The summed E-state index contributed by atoms with van der Waals surface area (Å²) in [5.41, 5.74) is 0. The molecule has 0 spiro atoms. The van der Waals surface area contributed by atoms with E-state index in [-0.39, 0.29) is 11.9 Å². The van der Waals surface area contributed by atoms with E-state index in [1.54, 1.807) is 0 Å². The van der Waals surface area contributed by atoms with Gasteiger partial charge in [-0.05, 0) is 45.3 Å². The summed E-state index contributed by atoms with van der Waals surface area (Å²) < 4.78 is 0.822. The van der Waals surface area contributed by atoms with E-state index in [4.69, 9.17) is 0 Å². The second-order valence-electron chi connectivity index (χ2n) is 5.11. The molecule has 0 aliphatic carbocycles. The number of hydrogen-bond acceptors (Lipinski definition) is 3. The first-order valence-corrected chi connectivity index (χ1v) is 7.55. The molecule has 0 bridgehead atoms. The number of hydrogen-bond donors (Lipinski definition) is 2. The molecular formula is C13H22BrN3O. The largest absolute Gasteiger partial charge is 0.350 e. The first-order chi connectivity index (χ1) is 8.68. The quantitative estimate of drug-likeness (QED) is 0.820. The van der Waals surface area contributed by atoms with Crippen LogP contribution in [0.3, 0.4) is 0 Å². The predicted octanol–water partition coefficient (Wildman–Crippen LogP) is 1.23. The molecule has 0 saturated carbocycles. The second kappa shape index (κ2) is 6.68. The minimum absolute atomic E-state index is 0.0694. The van der Waals surface area contributed by atoms with Gasteiger partial charge in [-0.3, -0.25) is 9.69 Å². The van der Waals surface area contributed by atoms with E-state index in [9.17, 15) is 4.79 Å². The van der Waals surface area contributed by atoms with Crippen LogP contribution in [0.4, 0.5) is 0 Å².